The third kappa shape index (κ3) is 3.90. The highest BCUT2D eigenvalue weighted by Crippen LogP contribution is 2.43. The first-order chi connectivity index (χ1) is 15.9. The van der Waals surface area contributed by atoms with Crippen LogP contribution in [0.1, 0.15) is 52.8 Å². The molecule has 2 heterocycles. The summed E-state index contributed by atoms with van der Waals surface area (Å²) in [5, 5.41) is 9.11. The number of carboxylic acid groups (broad SMARTS) is 1. The quantitative estimate of drug-likeness (QED) is 0.548. The van der Waals surface area contributed by atoms with Gasteiger partial charge in [0, 0.05) is 34.9 Å². The molecule has 0 amide bonds. The summed E-state index contributed by atoms with van der Waals surface area (Å²) in [4.78, 5) is 15.7. The minimum Gasteiger partial charge on any atom is -0.492 e. The molecule has 0 bridgehead atoms. The molecule has 2 atom stereocenters. The van der Waals surface area contributed by atoms with E-state index in [-0.39, 0.29) is 18.4 Å². The van der Waals surface area contributed by atoms with Gasteiger partial charge in [-0.25, -0.2) is 4.98 Å². The SMILES string of the molecule is COc1cc(C)c(-c2cccc3c2CCC3Oc2ccc3c(c2)OC[C@H]3CC(=O)O)c(C)n1. The van der Waals surface area contributed by atoms with Crippen LogP contribution in [0.5, 0.6) is 17.4 Å². The van der Waals surface area contributed by atoms with Crippen LogP contribution in [0.2, 0.25) is 0 Å². The summed E-state index contributed by atoms with van der Waals surface area (Å²) in [6.45, 7) is 4.52. The second-order valence-corrected chi connectivity index (χ2v) is 8.77. The predicted molar refractivity (Wildman–Crippen MR) is 124 cm³/mol. The van der Waals surface area contributed by atoms with Gasteiger partial charge in [0.15, 0.2) is 0 Å². The average molecular weight is 446 g/mol. The molecule has 1 aliphatic heterocycles. The van der Waals surface area contributed by atoms with Crippen molar-refractivity contribution in [2.24, 2.45) is 0 Å². The lowest BCUT2D eigenvalue weighted by Crippen LogP contribution is -2.07. The molecule has 0 saturated heterocycles. The number of carbonyl (C=O) groups is 1. The molecule has 1 N–H and O–H groups in total. The highest BCUT2D eigenvalue weighted by atomic mass is 16.5. The van der Waals surface area contributed by atoms with Crippen LogP contribution in [-0.4, -0.2) is 29.8 Å². The van der Waals surface area contributed by atoms with Crippen molar-refractivity contribution < 1.29 is 24.1 Å². The molecule has 1 unspecified atom stereocenters. The molecular formula is C27H27NO5. The summed E-state index contributed by atoms with van der Waals surface area (Å²) in [6.07, 6.45) is 1.86. The Kier molecular flexibility index (Phi) is 5.44. The number of methoxy groups -OCH3 is 1. The Hall–Kier alpha value is -3.54. The first kappa shape index (κ1) is 21.3. The standard InChI is InChI=1S/C27H27NO5/c1-15-11-25(31-3)28-16(2)27(15)22-6-4-5-21-20(22)9-10-23(21)33-18-7-8-19-17(12-26(29)30)14-32-24(19)13-18/h4-8,11,13,17,23H,9-10,12,14H2,1-3H3,(H,29,30)/t17-,23?/m1/s1. The third-order valence-electron chi connectivity index (χ3n) is 6.63. The molecule has 1 aliphatic carbocycles. The van der Waals surface area contributed by atoms with Crippen LogP contribution in [0, 0.1) is 13.8 Å². The van der Waals surface area contributed by atoms with Gasteiger partial charge in [0.05, 0.1) is 20.1 Å². The summed E-state index contributed by atoms with van der Waals surface area (Å²) >= 11 is 0. The highest BCUT2D eigenvalue weighted by molar-refractivity contribution is 5.75. The molecule has 0 saturated carbocycles. The summed E-state index contributed by atoms with van der Waals surface area (Å²) in [6, 6.07) is 14.1. The lowest BCUT2D eigenvalue weighted by molar-refractivity contribution is -0.137. The molecule has 6 heteroatoms. The van der Waals surface area contributed by atoms with E-state index in [0.29, 0.717) is 12.5 Å². The van der Waals surface area contributed by atoms with Crippen LogP contribution in [0.4, 0.5) is 0 Å². The van der Waals surface area contributed by atoms with E-state index in [1.54, 1.807) is 7.11 Å². The summed E-state index contributed by atoms with van der Waals surface area (Å²) in [5.41, 5.74) is 7.91. The Balaban J connectivity index is 1.42. The van der Waals surface area contributed by atoms with Crippen LogP contribution in [0.25, 0.3) is 11.1 Å². The molecular weight excluding hydrogens is 418 g/mol. The van der Waals surface area contributed by atoms with Crippen molar-refractivity contribution in [3.8, 4) is 28.5 Å². The largest absolute Gasteiger partial charge is 0.492 e. The van der Waals surface area contributed by atoms with Gasteiger partial charge in [0.1, 0.15) is 17.6 Å². The van der Waals surface area contributed by atoms with E-state index >= 15 is 0 Å². The maximum Gasteiger partial charge on any atom is 0.304 e. The number of nitrogens with zero attached hydrogens (tertiary/aromatic N) is 1. The number of pyridine rings is 1. The second kappa shape index (κ2) is 8.43. The van der Waals surface area contributed by atoms with Crippen molar-refractivity contribution >= 4 is 5.97 Å². The van der Waals surface area contributed by atoms with Gasteiger partial charge in [-0.1, -0.05) is 24.3 Å². The average Bonchev–Trinajstić information content (AvgIpc) is 3.37. The number of hydrogen-bond donors (Lipinski definition) is 1. The number of hydrogen-bond acceptors (Lipinski definition) is 5. The Morgan fingerprint density at radius 2 is 2.03 bits per heavy atom. The van der Waals surface area contributed by atoms with Gasteiger partial charge >= 0.3 is 5.97 Å². The number of aliphatic carboxylic acids is 1. The number of fused-ring (bicyclic) bond motifs is 2. The normalized spacial score (nSPS) is 18.4. The molecule has 0 radical (unpaired) electrons. The minimum atomic E-state index is -0.812. The number of aromatic nitrogens is 1. The zero-order valence-electron chi connectivity index (χ0n) is 19.1. The first-order valence-electron chi connectivity index (χ1n) is 11.2. The van der Waals surface area contributed by atoms with Crippen molar-refractivity contribution in [3.63, 3.8) is 0 Å². The molecule has 0 fully saturated rings. The molecule has 0 spiro atoms. The fraction of sp³-hybridized carbons (Fsp3) is 0.333. The van der Waals surface area contributed by atoms with E-state index in [1.807, 2.05) is 31.2 Å². The van der Waals surface area contributed by atoms with Crippen molar-refractivity contribution in [2.75, 3.05) is 13.7 Å². The Morgan fingerprint density at radius 1 is 1.18 bits per heavy atom. The van der Waals surface area contributed by atoms with Crippen LogP contribution >= 0.6 is 0 Å². The zero-order valence-corrected chi connectivity index (χ0v) is 19.1. The number of carboxylic acids is 1. The topological polar surface area (TPSA) is 77.9 Å². The van der Waals surface area contributed by atoms with Gasteiger partial charge < -0.3 is 19.3 Å². The number of rotatable bonds is 6. The lowest BCUT2D eigenvalue weighted by Gasteiger charge is -2.18. The second-order valence-electron chi connectivity index (χ2n) is 8.77. The highest BCUT2D eigenvalue weighted by Gasteiger charge is 2.30. The third-order valence-corrected chi connectivity index (χ3v) is 6.63. The maximum atomic E-state index is 11.1. The van der Waals surface area contributed by atoms with E-state index in [0.717, 1.165) is 46.7 Å². The Morgan fingerprint density at radius 3 is 2.79 bits per heavy atom. The van der Waals surface area contributed by atoms with Crippen LogP contribution in [0.15, 0.2) is 42.5 Å². The first-order valence-corrected chi connectivity index (χ1v) is 11.2. The van der Waals surface area contributed by atoms with Crippen molar-refractivity contribution in [1.82, 2.24) is 4.98 Å². The van der Waals surface area contributed by atoms with E-state index in [2.05, 4.69) is 30.1 Å². The zero-order chi connectivity index (χ0) is 23.1. The maximum absolute atomic E-state index is 11.1. The van der Waals surface area contributed by atoms with Crippen LogP contribution in [-0.2, 0) is 11.2 Å². The van der Waals surface area contributed by atoms with Crippen LogP contribution in [0.3, 0.4) is 0 Å². The van der Waals surface area contributed by atoms with Gasteiger partial charge in [-0.15, -0.1) is 0 Å². The van der Waals surface area contributed by atoms with Gasteiger partial charge in [-0.05, 0) is 55.0 Å². The lowest BCUT2D eigenvalue weighted by atomic mass is 9.93. The Labute approximate surface area is 193 Å². The van der Waals surface area contributed by atoms with Crippen molar-refractivity contribution in [3.05, 3.63) is 70.4 Å². The van der Waals surface area contributed by atoms with E-state index < -0.39 is 5.97 Å². The monoisotopic (exact) mass is 445 g/mol. The van der Waals surface area contributed by atoms with Crippen LogP contribution < -0.4 is 14.2 Å². The fourth-order valence-corrected chi connectivity index (χ4v) is 5.16. The van der Waals surface area contributed by atoms with Crippen molar-refractivity contribution in [2.45, 2.75) is 45.1 Å². The van der Waals surface area contributed by atoms with Gasteiger partial charge in [-0.3, -0.25) is 4.79 Å². The van der Waals surface area contributed by atoms with E-state index in [9.17, 15) is 4.79 Å². The Bertz CT molecular complexity index is 1210. The molecule has 1 aromatic heterocycles. The molecule has 6 nitrogen and oxygen atoms in total. The van der Waals surface area contributed by atoms with Gasteiger partial charge in [0.2, 0.25) is 5.88 Å². The number of aryl methyl sites for hydroxylation is 2. The molecule has 33 heavy (non-hydrogen) atoms. The summed E-state index contributed by atoms with van der Waals surface area (Å²) < 4.78 is 17.5. The van der Waals surface area contributed by atoms with Gasteiger partial charge in [0.25, 0.3) is 0 Å². The van der Waals surface area contributed by atoms with E-state index in [1.165, 1.54) is 16.7 Å². The minimum absolute atomic E-state index is 0.0407. The number of benzene rings is 2. The fourth-order valence-electron chi connectivity index (χ4n) is 5.16. The molecule has 2 aromatic carbocycles. The van der Waals surface area contributed by atoms with Crippen molar-refractivity contribution in [1.29, 1.82) is 0 Å². The number of ether oxygens (including phenoxy) is 3. The molecule has 5 rings (SSSR count). The van der Waals surface area contributed by atoms with Gasteiger partial charge in [-0.2, -0.15) is 0 Å². The summed E-state index contributed by atoms with van der Waals surface area (Å²) in [7, 11) is 1.64. The summed E-state index contributed by atoms with van der Waals surface area (Å²) in [5.74, 6) is 1.18. The molecule has 3 aromatic rings. The predicted octanol–water partition coefficient (Wildman–Crippen LogP) is 5.39. The smallest absolute Gasteiger partial charge is 0.304 e. The molecule has 2 aliphatic rings. The van der Waals surface area contributed by atoms with E-state index in [4.69, 9.17) is 19.3 Å². The molecule has 170 valence electrons.